The van der Waals surface area contributed by atoms with E-state index >= 15 is 0 Å². The van der Waals surface area contributed by atoms with Crippen LogP contribution in [-0.4, -0.2) is 4.98 Å². The molecule has 5 heteroatoms. The summed E-state index contributed by atoms with van der Waals surface area (Å²) in [4.78, 5) is 3.98. The molecular formula is C13H11BrN4. The summed E-state index contributed by atoms with van der Waals surface area (Å²) in [6.07, 6.45) is 3.25. The zero-order chi connectivity index (χ0) is 13.1. The summed E-state index contributed by atoms with van der Waals surface area (Å²) in [6, 6.07) is 7.59. The van der Waals surface area contributed by atoms with Crippen LogP contribution in [0.4, 0.5) is 17.1 Å². The van der Waals surface area contributed by atoms with E-state index in [2.05, 4.69) is 32.3 Å². The lowest BCUT2D eigenvalue weighted by Gasteiger charge is -2.13. The van der Waals surface area contributed by atoms with E-state index in [0.29, 0.717) is 11.3 Å². The molecule has 0 saturated carbocycles. The average Bonchev–Trinajstić information content (AvgIpc) is 2.36. The van der Waals surface area contributed by atoms with Gasteiger partial charge in [0.05, 0.1) is 33.7 Å². The molecule has 1 aromatic heterocycles. The molecule has 2 rings (SSSR count). The monoisotopic (exact) mass is 302 g/mol. The second kappa shape index (κ2) is 5.07. The molecule has 0 aliphatic heterocycles. The number of nitrogens with one attached hydrogen (secondary N) is 1. The molecule has 0 fully saturated rings. The molecular weight excluding hydrogens is 292 g/mol. The molecule has 0 aliphatic rings. The van der Waals surface area contributed by atoms with Gasteiger partial charge in [-0.25, -0.2) is 0 Å². The van der Waals surface area contributed by atoms with E-state index in [4.69, 9.17) is 11.0 Å². The number of aromatic nitrogens is 1. The maximum Gasteiger partial charge on any atom is 0.0992 e. The van der Waals surface area contributed by atoms with Gasteiger partial charge in [0, 0.05) is 11.9 Å². The molecule has 4 nitrogen and oxygen atoms in total. The summed E-state index contributed by atoms with van der Waals surface area (Å²) in [5.41, 5.74) is 9.67. The Morgan fingerprint density at radius 2 is 2.17 bits per heavy atom. The maximum absolute atomic E-state index is 8.91. The number of hydrogen-bond donors (Lipinski definition) is 2. The van der Waals surface area contributed by atoms with Gasteiger partial charge in [-0.2, -0.15) is 5.26 Å². The number of rotatable bonds is 2. The molecule has 0 aliphatic carbocycles. The van der Waals surface area contributed by atoms with Crippen molar-refractivity contribution in [1.29, 1.82) is 5.26 Å². The summed E-state index contributed by atoms with van der Waals surface area (Å²) in [6.45, 7) is 1.97. The van der Waals surface area contributed by atoms with Crippen LogP contribution < -0.4 is 11.1 Å². The van der Waals surface area contributed by atoms with Crippen LogP contribution >= 0.6 is 15.9 Å². The number of nitriles is 1. The summed E-state index contributed by atoms with van der Waals surface area (Å²) >= 11 is 3.39. The first-order chi connectivity index (χ1) is 8.61. The van der Waals surface area contributed by atoms with Crippen LogP contribution in [0.25, 0.3) is 0 Å². The normalized spacial score (nSPS) is 9.83. The van der Waals surface area contributed by atoms with Crippen molar-refractivity contribution in [1.82, 2.24) is 4.98 Å². The van der Waals surface area contributed by atoms with Gasteiger partial charge in [0.2, 0.25) is 0 Å². The van der Waals surface area contributed by atoms with Gasteiger partial charge in [0.15, 0.2) is 0 Å². The summed E-state index contributed by atoms with van der Waals surface area (Å²) in [5.74, 6) is 0. The van der Waals surface area contributed by atoms with Crippen molar-refractivity contribution in [3.8, 4) is 6.07 Å². The zero-order valence-electron chi connectivity index (χ0n) is 9.74. The summed E-state index contributed by atoms with van der Waals surface area (Å²) in [5, 5.41) is 12.1. The van der Waals surface area contributed by atoms with Crippen molar-refractivity contribution >= 4 is 33.0 Å². The molecule has 90 valence electrons. The molecule has 1 aromatic carbocycles. The molecule has 0 saturated heterocycles. The van der Waals surface area contributed by atoms with Crippen LogP contribution in [0.15, 0.2) is 35.1 Å². The van der Waals surface area contributed by atoms with Crippen LogP contribution in [0.1, 0.15) is 11.1 Å². The fourth-order valence-electron chi connectivity index (χ4n) is 1.54. The van der Waals surface area contributed by atoms with Crippen LogP contribution in [0, 0.1) is 18.3 Å². The van der Waals surface area contributed by atoms with Crippen molar-refractivity contribution in [3.05, 3.63) is 46.2 Å². The number of hydrogen-bond acceptors (Lipinski definition) is 4. The lowest BCUT2D eigenvalue weighted by Crippen LogP contribution is -2.00. The Morgan fingerprint density at radius 1 is 1.39 bits per heavy atom. The number of benzene rings is 1. The standard InChI is InChI=1S/C13H11BrN4/c1-8-2-3-9(5-15)4-12(8)18-13-10(14)6-17-7-11(13)16/h2-4,6-7H,16H2,1H3,(H,17,18). The molecule has 0 spiro atoms. The third kappa shape index (κ3) is 2.44. The van der Waals surface area contributed by atoms with Gasteiger partial charge in [-0.15, -0.1) is 0 Å². The van der Waals surface area contributed by atoms with Gasteiger partial charge in [-0.1, -0.05) is 6.07 Å². The fraction of sp³-hybridized carbons (Fsp3) is 0.0769. The first-order valence-electron chi connectivity index (χ1n) is 5.28. The van der Waals surface area contributed by atoms with E-state index in [-0.39, 0.29) is 0 Å². The van der Waals surface area contributed by atoms with Crippen molar-refractivity contribution in [3.63, 3.8) is 0 Å². The molecule has 0 atom stereocenters. The second-order valence-electron chi connectivity index (χ2n) is 3.85. The highest BCUT2D eigenvalue weighted by atomic mass is 79.9. The summed E-state index contributed by atoms with van der Waals surface area (Å²) < 4.78 is 0.782. The van der Waals surface area contributed by atoms with Crippen LogP contribution in [0.3, 0.4) is 0 Å². The highest BCUT2D eigenvalue weighted by Crippen LogP contribution is 2.31. The third-order valence-corrected chi connectivity index (χ3v) is 3.16. The van der Waals surface area contributed by atoms with Crippen LogP contribution in [0.5, 0.6) is 0 Å². The first-order valence-corrected chi connectivity index (χ1v) is 6.08. The Balaban J connectivity index is 2.43. The van der Waals surface area contributed by atoms with Gasteiger partial charge in [0.1, 0.15) is 0 Å². The lowest BCUT2D eigenvalue weighted by atomic mass is 10.1. The van der Waals surface area contributed by atoms with Gasteiger partial charge in [0.25, 0.3) is 0 Å². The predicted molar refractivity (Wildman–Crippen MR) is 75.5 cm³/mol. The van der Waals surface area contributed by atoms with Crippen molar-refractivity contribution in [2.75, 3.05) is 11.1 Å². The molecule has 1 heterocycles. The predicted octanol–water partition coefficient (Wildman–Crippen LogP) is 3.35. The van der Waals surface area contributed by atoms with Gasteiger partial charge in [-0.3, -0.25) is 4.98 Å². The number of halogens is 1. The fourth-order valence-corrected chi connectivity index (χ4v) is 1.99. The van der Waals surface area contributed by atoms with Crippen molar-refractivity contribution in [2.24, 2.45) is 0 Å². The summed E-state index contributed by atoms with van der Waals surface area (Å²) in [7, 11) is 0. The highest BCUT2D eigenvalue weighted by Gasteiger charge is 2.07. The third-order valence-electron chi connectivity index (χ3n) is 2.56. The number of anilines is 3. The molecule has 0 radical (unpaired) electrons. The van der Waals surface area contributed by atoms with Crippen LogP contribution in [0.2, 0.25) is 0 Å². The number of pyridine rings is 1. The van der Waals surface area contributed by atoms with Crippen molar-refractivity contribution < 1.29 is 0 Å². The number of aryl methyl sites for hydroxylation is 1. The SMILES string of the molecule is Cc1ccc(C#N)cc1Nc1c(N)cncc1Br. The van der Waals surface area contributed by atoms with Gasteiger partial charge >= 0.3 is 0 Å². The van der Waals surface area contributed by atoms with E-state index in [1.807, 2.05) is 13.0 Å². The lowest BCUT2D eigenvalue weighted by molar-refractivity contribution is 1.30. The topological polar surface area (TPSA) is 74.7 Å². The van der Waals surface area contributed by atoms with Crippen molar-refractivity contribution in [2.45, 2.75) is 6.92 Å². The number of nitrogen functional groups attached to an aromatic ring is 1. The zero-order valence-corrected chi connectivity index (χ0v) is 11.3. The quantitative estimate of drug-likeness (QED) is 0.892. The second-order valence-corrected chi connectivity index (χ2v) is 4.71. The first kappa shape index (κ1) is 12.4. The number of nitrogens with zero attached hydrogens (tertiary/aromatic N) is 2. The minimum Gasteiger partial charge on any atom is -0.396 e. The van der Waals surface area contributed by atoms with Gasteiger partial charge in [-0.05, 0) is 40.5 Å². The van der Waals surface area contributed by atoms with E-state index < -0.39 is 0 Å². The number of nitrogens with two attached hydrogens (primary N) is 1. The molecule has 3 N–H and O–H groups in total. The highest BCUT2D eigenvalue weighted by molar-refractivity contribution is 9.10. The van der Waals surface area contributed by atoms with E-state index in [0.717, 1.165) is 21.4 Å². The Labute approximate surface area is 114 Å². The Morgan fingerprint density at radius 3 is 2.83 bits per heavy atom. The maximum atomic E-state index is 8.91. The Hall–Kier alpha value is -2.06. The van der Waals surface area contributed by atoms with E-state index in [1.165, 1.54) is 0 Å². The van der Waals surface area contributed by atoms with E-state index in [1.54, 1.807) is 24.5 Å². The van der Waals surface area contributed by atoms with Gasteiger partial charge < -0.3 is 11.1 Å². The minimum atomic E-state index is 0.547. The smallest absolute Gasteiger partial charge is 0.0992 e. The van der Waals surface area contributed by atoms with E-state index in [9.17, 15) is 0 Å². The largest absolute Gasteiger partial charge is 0.396 e. The average molecular weight is 303 g/mol. The molecule has 18 heavy (non-hydrogen) atoms. The molecule has 2 aromatic rings. The van der Waals surface area contributed by atoms with Crippen LogP contribution in [-0.2, 0) is 0 Å². The molecule has 0 unspecified atom stereocenters. The minimum absolute atomic E-state index is 0.547. The Bertz CT molecular complexity index is 611. The Kier molecular flexibility index (Phi) is 3.49. The molecule has 0 bridgehead atoms. The molecule has 0 amide bonds.